The quantitative estimate of drug-likeness (QED) is 0.906. The number of amides is 1. The van der Waals surface area contributed by atoms with Crippen molar-refractivity contribution in [3.8, 4) is 0 Å². The summed E-state index contributed by atoms with van der Waals surface area (Å²) < 4.78 is 0. The molecule has 1 aromatic rings. The van der Waals surface area contributed by atoms with E-state index in [0.717, 1.165) is 13.0 Å². The summed E-state index contributed by atoms with van der Waals surface area (Å²) in [6.07, 6.45) is 4.12. The van der Waals surface area contributed by atoms with Crippen LogP contribution in [0.3, 0.4) is 0 Å². The van der Waals surface area contributed by atoms with Gasteiger partial charge >= 0.3 is 0 Å². The first-order valence-electron chi connectivity index (χ1n) is 7.60. The second-order valence-electron chi connectivity index (χ2n) is 5.87. The van der Waals surface area contributed by atoms with Gasteiger partial charge in [-0.2, -0.15) is 0 Å². The Morgan fingerprint density at radius 2 is 1.95 bits per heavy atom. The fourth-order valence-electron chi connectivity index (χ4n) is 3.20. The van der Waals surface area contributed by atoms with Gasteiger partial charge in [0.1, 0.15) is 0 Å². The van der Waals surface area contributed by atoms with Gasteiger partial charge in [-0.05, 0) is 32.4 Å². The Morgan fingerprint density at radius 1 is 1.29 bits per heavy atom. The SMILES string of the molecule is CNCCC(=O)N(C)C1CCCC1c1ccc(C)cc1.Cl. The molecular formula is C17H27ClN2O. The van der Waals surface area contributed by atoms with Gasteiger partial charge in [0.2, 0.25) is 5.91 Å². The summed E-state index contributed by atoms with van der Waals surface area (Å²) >= 11 is 0. The summed E-state index contributed by atoms with van der Waals surface area (Å²) in [6.45, 7) is 2.87. The number of hydrogen-bond donors (Lipinski definition) is 1. The van der Waals surface area contributed by atoms with Crippen LogP contribution >= 0.6 is 12.4 Å². The third-order valence-electron chi connectivity index (χ3n) is 4.46. The average molecular weight is 311 g/mol. The van der Waals surface area contributed by atoms with Gasteiger partial charge in [-0.25, -0.2) is 0 Å². The topological polar surface area (TPSA) is 32.3 Å². The van der Waals surface area contributed by atoms with Crippen LogP contribution in [-0.4, -0.2) is 37.5 Å². The number of likely N-dealkylation sites (N-methyl/N-ethyl adjacent to an activating group) is 1. The van der Waals surface area contributed by atoms with Crippen LogP contribution in [-0.2, 0) is 4.79 Å². The van der Waals surface area contributed by atoms with Crippen LogP contribution in [0, 0.1) is 6.92 Å². The Hall–Kier alpha value is -1.06. The third kappa shape index (κ3) is 4.45. The van der Waals surface area contributed by atoms with Crippen LogP contribution in [0.1, 0.15) is 42.7 Å². The standard InChI is InChI=1S/C17H26N2O.ClH/c1-13-7-9-14(10-8-13)15-5-4-6-16(15)19(3)17(20)11-12-18-2;/h7-10,15-16,18H,4-6,11-12H2,1-3H3;1H. The van der Waals surface area contributed by atoms with Crippen molar-refractivity contribution in [1.82, 2.24) is 10.2 Å². The Kier molecular flexibility index (Phi) is 7.20. The van der Waals surface area contributed by atoms with E-state index in [1.54, 1.807) is 0 Å². The fraction of sp³-hybridized carbons (Fsp3) is 0.588. The lowest BCUT2D eigenvalue weighted by Gasteiger charge is -2.30. The molecule has 0 spiro atoms. The van der Waals surface area contributed by atoms with E-state index in [1.165, 1.54) is 24.0 Å². The number of benzene rings is 1. The van der Waals surface area contributed by atoms with Gasteiger partial charge in [-0.15, -0.1) is 12.4 Å². The maximum Gasteiger partial charge on any atom is 0.223 e. The van der Waals surface area contributed by atoms with E-state index in [1.807, 2.05) is 19.0 Å². The van der Waals surface area contributed by atoms with Gasteiger partial charge in [0.05, 0.1) is 0 Å². The molecule has 1 aliphatic carbocycles. The largest absolute Gasteiger partial charge is 0.342 e. The molecule has 0 radical (unpaired) electrons. The maximum atomic E-state index is 12.2. The minimum Gasteiger partial charge on any atom is -0.342 e. The average Bonchev–Trinajstić information content (AvgIpc) is 2.94. The number of nitrogens with zero attached hydrogens (tertiary/aromatic N) is 1. The third-order valence-corrected chi connectivity index (χ3v) is 4.46. The number of aryl methyl sites for hydroxylation is 1. The maximum absolute atomic E-state index is 12.2. The second kappa shape index (κ2) is 8.40. The lowest BCUT2D eigenvalue weighted by Crippen LogP contribution is -2.39. The normalized spacial score (nSPS) is 20.9. The van der Waals surface area contributed by atoms with Crippen LogP contribution in [0.4, 0.5) is 0 Å². The summed E-state index contributed by atoms with van der Waals surface area (Å²) in [7, 11) is 3.85. The molecule has 4 heteroatoms. The number of hydrogen-bond acceptors (Lipinski definition) is 2. The molecule has 1 aromatic carbocycles. The smallest absolute Gasteiger partial charge is 0.223 e. The van der Waals surface area contributed by atoms with Gasteiger partial charge in [0.25, 0.3) is 0 Å². The van der Waals surface area contributed by atoms with Gasteiger partial charge in [0, 0.05) is 32.0 Å². The molecule has 0 bridgehead atoms. The molecular weight excluding hydrogens is 284 g/mol. The van der Waals surface area contributed by atoms with Crippen molar-refractivity contribution in [2.45, 2.75) is 44.6 Å². The van der Waals surface area contributed by atoms with Crippen molar-refractivity contribution >= 4 is 18.3 Å². The molecule has 1 saturated carbocycles. The van der Waals surface area contributed by atoms with Crippen molar-refractivity contribution in [2.24, 2.45) is 0 Å². The molecule has 2 unspecified atom stereocenters. The summed E-state index contributed by atoms with van der Waals surface area (Å²) in [5.41, 5.74) is 2.67. The molecule has 3 nitrogen and oxygen atoms in total. The predicted octanol–water partition coefficient (Wildman–Crippen LogP) is 3.12. The summed E-state index contributed by atoms with van der Waals surface area (Å²) in [5.74, 6) is 0.752. The molecule has 0 aliphatic heterocycles. The molecule has 0 heterocycles. The number of nitrogens with one attached hydrogen (secondary N) is 1. The predicted molar refractivity (Wildman–Crippen MR) is 90.1 cm³/mol. The monoisotopic (exact) mass is 310 g/mol. The van der Waals surface area contributed by atoms with E-state index in [9.17, 15) is 4.79 Å². The number of carbonyl (C=O) groups excluding carboxylic acids is 1. The Morgan fingerprint density at radius 3 is 2.57 bits per heavy atom. The highest BCUT2D eigenvalue weighted by Gasteiger charge is 2.33. The van der Waals surface area contributed by atoms with E-state index in [2.05, 4.69) is 36.5 Å². The second-order valence-corrected chi connectivity index (χ2v) is 5.87. The molecule has 0 aromatic heterocycles. The van der Waals surface area contributed by atoms with Crippen molar-refractivity contribution in [3.05, 3.63) is 35.4 Å². The fourth-order valence-corrected chi connectivity index (χ4v) is 3.20. The summed E-state index contributed by atoms with van der Waals surface area (Å²) in [5, 5.41) is 3.05. The highest BCUT2D eigenvalue weighted by molar-refractivity contribution is 5.85. The van der Waals surface area contributed by atoms with Crippen LogP contribution in [0.2, 0.25) is 0 Å². The molecule has 2 rings (SSSR count). The Labute approximate surface area is 134 Å². The highest BCUT2D eigenvalue weighted by atomic mass is 35.5. The van der Waals surface area contributed by atoms with E-state index in [4.69, 9.17) is 0 Å². The van der Waals surface area contributed by atoms with Crippen LogP contribution < -0.4 is 5.32 Å². The zero-order valence-electron chi connectivity index (χ0n) is 13.3. The van der Waals surface area contributed by atoms with Crippen molar-refractivity contribution in [3.63, 3.8) is 0 Å². The van der Waals surface area contributed by atoms with Crippen LogP contribution in [0.25, 0.3) is 0 Å². The molecule has 21 heavy (non-hydrogen) atoms. The molecule has 1 aliphatic rings. The van der Waals surface area contributed by atoms with E-state index >= 15 is 0 Å². The van der Waals surface area contributed by atoms with Gasteiger partial charge in [0.15, 0.2) is 0 Å². The molecule has 1 amide bonds. The van der Waals surface area contributed by atoms with Gasteiger partial charge < -0.3 is 10.2 Å². The van der Waals surface area contributed by atoms with E-state index in [0.29, 0.717) is 18.4 Å². The van der Waals surface area contributed by atoms with Gasteiger partial charge in [-0.3, -0.25) is 4.79 Å². The Bertz CT molecular complexity index is 447. The molecule has 0 saturated heterocycles. The van der Waals surface area contributed by atoms with Crippen molar-refractivity contribution in [2.75, 3.05) is 20.6 Å². The molecule has 1 fully saturated rings. The zero-order valence-corrected chi connectivity index (χ0v) is 14.1. The first kappa shape index (κ1) is 18.0. The lowest BCUT2D eigenvalue weighted by atomic mass is 9.92. The molecule has 2 atom stereocenters. The lowest BCUT2D eigenvalue weighted by molar-refractivity contribution is -0.132. The number of carbonyl (C=O) groups is 1. The van der Waals surface area contributed by atoms with E-state index in [-0.39, 0.29) is 18.3 Å². The van der Waals surface area contributed by atoms with Crippen molar-refractivity contribution < 1.29 is 4.79 Å². The molecule has 118 valence electrons. The number of halogens is 1. The minimum atomic E-state index is 0. The molecule has 1 N–H and O–H groups in total. The zero-order chi connectivity index (χ0) is 14.5. The minimum absolute atomic E-state index is 0. The summed E-state index contributed by atoms with van der Waals surface area (Å²) in [6, 6.07) is 9.16. The number of rotatable bonds is 5. The van der Waals surface area contributed by atoms with Crippen LogP contribution in [0.15, 0.2) is 24.3 Å². The summed E-state index contributed by atoms with van der Waals surface area (Å²) in [4.78, 5) is 14.2. The highest BCUT2D eigenvalue weighted by Crippen LogP contribution is 2.37. The van der Waals surface area contributed by atoms with Crippen molar-refractivity contribution in [1.29, 1.82) is 0 Å². The Balaban J connectivity index is 0.00000220. The first-order chi connectivity index (χ1) is 9.63. The van der Waals surface area contributed by atoms with Gasteiger partial charge in [-0.1, -0.05) is 36.2 Å². The van der Waals surface area contributed by atoms with E-state index < -0.39 is 0 Å². The first-order valence-corrected chi connectivity index (χ1v) is 7.60. The van der Waals surface area contributed by atoms with Crippen LogP contribution in [0.5, 0.6) is 0 Å².